The number of aromatic hydroxyl groups is 1. The number of carbonyl (C=O) groups excluding carboxylic acids is 4. The minimum Gasteiger partial charge on any atom is -0.508 e. The third kappa shape index (κ3) is 11.7. The van der Waals surface area contributed by atoms with Crippen molar-refractivity contribution in [3.05, 3.63) is 65.7 Å². The van der Waals surface area contributed by atoms with Crippen LogP contribution in [0, 0.1) is 5.92 Å². The van der Waals surface area contributed by atoms with Crippen molar-refractivity contribution >= 4 is 29.6 Å². The lowest BCUT2D eigenvalue weighted by atomic mass is 10.0. The van der Waals surface area contributed by atoms with Crippen LogP contribution >= 0.6 is 0 Å². The van der Waals surface area contributed by atoms with E-state index in [1.54, 1.807) is 42.5 Å². The fraction of sp³-hybridized carbons (Fsp3) is 0.414. The van der Waals surface area contributed by atoms with Gasteiger partial charge in [0, 0.05) is 6.42 Å². The smallest absolute Gasteiger partial charge is 0.326 e. The summed E-state index contributed by atoms with van der Waals surface area (Å²) >= 11 is 0. The van der Waals surface area contributed by atoms with Gasteiger partial charge >= 0.3 is 5.97 Å². The van der Waals surface area contributed by atoms with Gasteiger partial charge in [-0.2, -0.15) is 0 Å². The molecule has 0 aromatic heterocycles. The van der Waals surface area contributed by atoms with Crippen molar-refractivity contribution in [2.24, 2.45) is 11.7 Å². The van der Waals surface area contributed by atoms with Gasteiger partial charge in [0.1, 0.15) is 23.9 Å². The van der Waals surface area contributed by atoms with Crippen LogP contribution in [0.1, 0.15) is 38.3 Å². The van der Waals surface area contributed by atoms with Crippen molar-refractivity contribution < 1.29 is 34.2 Å². The first kappa shape index (κ1) is 32.8. The Morgan fingerprint density at radius 2 is 1.34 bits per heavy atom. The van der Waals surface area contributed by atoms with Crippen molar-refractivity contribution in [3.63, 3.8) is 0 Å². The van der Waals surface area contributed by atoms with E-state index in [1.807, 2.05) is 13.8 Å². The van der Waals surface area contributed by atoms with Gasteiger partial charge in [0.15, 0.2) is 0 Å². The van der Waals surface area contributed by atoms with Crippen molar-refractivity contribution in [2.45, 2.75) is 64.2 Å². The highest BCUT2D eigenvalue weighted by Crippen LogP contribution is 2.11. The molecule has 41 heavy (non-hydrogen) atoms. The molecule has 0 bridgehead atoms. The molecule has 0 fully saturated rings. The summed E-state index contributed by atoms with van der Waals surface area (Å²) in [6.45, 7) is 4.66. The van der Waals surface area contributed by atoms with Crippen LogP contribution in [0.25, 0.3) is 0 Å². The Morgan fingerprint density at radius 1 is 0.756 bits per heavy atom. The molecule has 2 aromatic rings. The average Bonchev–Trinajstić information content (AvgIpc) is 2.92. The Kier molecular flexibility index (Phi) is 12.8. The quantitative estimate of drug-likeness (QED) is 0.158. The predicted octanol–water partition coefficient (Wildman–Crippen LogP) is 0.226. The molecule has 0 heterocycles. The zero-order chi connectivity index (χ0) is 30.5. The van der Waals surface area contributed by atoms with Gasteiger partial charge in [-0.05, 0) is 48.9 Å². The molecule has 0 aliphatic heterocycles. The maximum atomic E-state index is 13.1. The Hall–Kier alpha value is -4.45. The van der Waals surface area contributed by atoms with E-state index in [0.717, 1.165) is 11.1 Å². The molecular formula is C29H39N5O7. The molecule has 0 spiro atoms. The summed E-state index contributed by atoms with van der Waals surface area (Å²) in [6, 6.07) is 10.9. The summed E-state index contributed by atoms with van der Waals surface area (Å²) in [5.74, 6) is -3.63. The van der Waals surface area contributed by atoms with Gasteiger partial charge in [0.25, 0.3) is 0 Å². The van der Waals surface area contributed by atoms with Crippen LogP contribution in [0.2, 0.25) is 0 Å². The third-order valence-corrected chi connectivity index (χ3v) is 6.16. The number of hydrogen-bond acceptors (Lipinski definition) is 7. The summed E-state index contributed by atoms with van der Waals surface area (Å²) < 4.78 is 0. The van der Waals surface area contributed by atoms with E-state index in [4.69, 9.17) is 5.73 Å². The molecule has 12 nitrogen and oxygen atoms in total. The first-order valence-corrected chi connectivity index (χ1v) is 13.3. The lowest BCUT2D eigenvalue weighted by Crippen LogP contribution is -2.56. The van der Waals surface area contributed by atoms with Gasteiger partial charge < -0.3 is 37.2 Å². The van der Waals surface area contributed by atoms with Crippen LogP contribution in [0.3, 0.4) is 0 Å². The summed E-state index contributed by atoms with van der Waals surface area (Å²) in [5.41, 5.74) is 7.38. The number of benzene rings is 2. The number of carbonyl (C=O) groups is 5. The first-order chi connectivity index (χ1) is 19.3. The predicted molar refractivity (Wildman–Crippen MR) is 151 cm³/mol. The van der Waals surface area contributed by atoms with Crippen LogP contribution in [-0.4, -0.2) is 70.5 Å². The summed E-state index contributed by atoms with van der Waals surface area (Å²) in [4.78, 5) is 62.3. The van der Waals surface area contributed by atoms with E-state index in [1.165, 1.54) is 19.1 Å². The fourth-order valence-corrected chi connectivity index (χ4v) is 3.96. The number of hydrogen-bond donors (Lipinski definition) is 7. The van der Waals surface area contributed by atoms with Crippen molar-refractivity contribution in [2.75, 3.05) is 6.54 Å². The molecule has 8 N–H and O–H groups in total. The van der Waals surface area contributed by atoms with E-state index in [2.05, 4.69) is 21.3 Å². The monoisotopic (exact) mass is 569 g/mol. The van der Waals surface area contributed by atoms with Gasteiger partial charge in [0.05, 0.1) is 12.6 Å². The SMILES string of the molecule is CC(C)C[C@H](NC(=O)[C@H](Cc1ccccc1)NC(=O)[C@H](C)NC(=O)CNC(=O)[C@@H](N)Cc1ccc(O)cc1)C(=O)O. The first-order valence-electron chi connectivity index (χ1n) is 13.3. The maximum absolute atomic E-state index is 13.1. The minimum atomic E-state index is -1.18. The van der Waals surface area contributed by atoms with E-state index >= 15 is 0 Å². The second-order valence-electron chi connectivity index (χ2n) is 10.3. The van der Waals surface area contributed by atoms with E-state index in [9.17, 15) is 34.2 Å². The maximum Gasteiger partial charge on any atom is 0.326 e. The highest BCUT2D eigenvalue weighted by atomic mass is 16.4. The zero-order valence-electron chi connectivity index (χ0n) is 23.4. The molecule has 0 saturated heterocycles. The van der Waals surface area contributed by atoms with Crippen LogP contribution < -0.4 is 27.0 Å². The lowest BCUT2D eigenvalue weighted by Gasteiger charge is -2.24. The number of carboxylic acids is 1. The molecule has 2 rings (SSSR count). The second kappa shape index (κ2) is 16.0. The van der Waals surface area contributed by atoms with Gasteiger partial charge in [-0.15, -0.1) is 0 Å². The zero-order valence-corrected chi connectivity index (χ0v) is 23.4. The molecular weight excluding hydrogens is 530 g/mol. The molecule has 0 unspecified atom stereocenters. The van der Waals surface area contributed by atoms with Crippen LogP contribution in [0.5, 0.6) is 5.75 Å². The Labute approximate surface area is 239 Å². The molecule has 222 valence electrons. The minimum absolute atomic E-state index is 0.0108. The van der Waals surface area contributed by atoms with E-state index < -0.39 is 60.3 Å². The van der Waals surface area contributed by atoms with Crippen LogP contribution in [0.15, 0.2) is 54.6 Å². The van der Waals surface area contributed by atoms with Crippen LogP contribution in [0.4, 0.5) is 0 Å². The van der Waals surface area contributed by atoms with Gasteiger partial charge in [-0.1, -0.05) is 56.3 Å². The Morgan fingerprint density at radius 3 is 1.93 bits per heavy atom. The number of carboxylic acid groups (broad SMARTS) is 1. The number of phenolic OH excluding ortho intramolecular Hbond substituents is 1. The lowest BCUT2D eigenvalue weighted by molar-refractivity contribution is -0.142. The summed E-state index contributed by atoms with van der Waals surface area (Å²) in [7, 11) is 0. The average molecular weight is 570 g/mol. The summed E-state index contributed by atoms with van der Waals surface area (Å²) in [5, 5.41) is 28.9. The van der Waals surface area contributed by atoms with Crippen molar-refractivity contribution in [3.8, 4) is 5.75 Å². The number of amides is 4. The third-order valence-electron chi connectivity index (χ3n) is 6.16. The Balaban J connectivity index is 1.95. The fourth-order valence-electron chi connectivity index (χ4n) is 3.96. The molecule has 4 amide bonds. The molecule has 12 heteroatoms. The van der Waals surface area contributed by atoms with Gasteiger partial charge in [-0.25, -0.2) is 4.79 Å². The van der Waals surface area contributed by atoms with Crippen molar-refractivity contribution in [1.29, 1.82) is 0 Å². The molecule has 2 aromatic carbocycles. The standard InChI is InChI=1S/C29H39N5O7/c1-17(2)13-24(29(40)41)34-28(39)23(15-19-7-5-4-6-8-19)33-26(37)18(3)32-25(36)16-31-27(38)22(30)14-20-9-11-21(35)12-10-20/h4-12,17-18,22-24,35H,13-16,30H2,1-3H3,(H,31,38)(H,32,36)(H,33,37)(H,34,39)(H,40,41)/t18-,22-,23-,24-/m0/s1. The topological polar surface area (TPSA) is 200 Å². The second-order valence-corrected chi connectivity index (χ2v) is 10.3. The van der Waals surface area contributed by atoms with Crippen LogP contribution in [-0.2, 0) is 36.8 Å². The number of rotatable bonds is 15. The molecule has 0 aliphatic rings. The number of aliphatic carboxylic acids is 1. The number of phenols is 1. The molecule has 4 atom stereocenters. The van der Waals surface area contributed by atoms with E-state index in [0.29, 0.717) is 0 Å². The molecule has 0 radical (unpaired) electrons. The van der Waals surface area contributed by atoms with E-state index in [-0.39, 0.29) is 30.9 Å². The normalized spacial score (nSPS) is 13.8. The summed E-state index contributed by atoms with van der Waals surface area (Å²) in [6.07, 6.45) is 0.503. The largest absolute Gasteiger partial charge is 0.508 e. The van der Waals surface area contributed by atoms with Crippen molar-refractivity contribution in [1.82, 2.24) is 21.3 Å². The highest BCUT2D eigenvalue weighted by molar-refractivity contribution is 5.94. The number of nitrogens with one attached hydrogen (secondary N) is 4. The van der Waals surface area contributed by atoms with Gasteiger partial charge in [0.2, 0.25) is 23.6 Å². The number of nitrogens with two attached hydrogens (primary N) is 1. The molecule has 0 aliphatic carbocycles. The highest BCUT2D eigenvalue weighted by Gasteiger charge is 2.29. The Bertz CT molecular complexity index is 1190. The molecule has 0 saturated carbocycles. The van der Waals surface area contributed by atoms with Gasteiger partial charge in [-0.3, -0.25) is 19.2 Å².